The van der Waals surface area contributed by atoms with Crippen molar-refractivity contribution < 1.29 is 5.11 Å². The average Bonchev–Trinajstić information content (AvgIpc) is 2.25. The van der Waals surface area contributed by atoms with Gasteiger partial charge in [0.1, 0.15) is 5.60 Å². The van der Waals surface area contributed by atoms with E-state index >= 15 is 0 Å². The van der Waals surface area contributed by atoms with Gasteiger partial charge in [0.25, 0.3) is 0 Å². The molecule has 0 heterocycles. The van der Waals surface area contributed by atoms with E-state index in [1.165, 1.54) is 38.5 Å². The van der Waals surface area contributed by atoms with E-state index in [4.69, 9.17) is 5.84 Å². The van der Waals surface area contributed by atoms with Gasteiger partial charge in [-0.05, 0) is 56.3 Å². The largest absolute Gasteiger partial charge is 0.384 e. The van der Waals surface area contributed by atoms with E-state index < -0.39 is 5.60 Å². The normalized spacial score (nSPS) is 45.2. The number of nitrogens with zero attached hydrogens (tertiary/aromatic N) is 1. The zero-order valence-corrected chi connectivity index (χ0v) is 11.4. The van der Waals surface area contributed by atoms with Crippen molar-refractivity contribution in [1.29, 1.82) is 0 Å². The van der Waals surface area contributed by atoms with E-state index in [9.17, 15) is 5.11 Å². The molecule has 102 valence electrons. The van der Waals surface area contributed by atoms with Gasteiger partial charge >= 0.3 is 0 Å². The standard InChI is InChI=1S/C15H26N2O/c1-3-15(18,10-17(2)16)14-7-11-4-12(8-14)6-13(5-11)9-14/h3,11-13,18H,1,4-10,16H2,2H3. The monoisotopic (exact) mass is 250 g/mol. The van der Waals surface area contributed by atoms with Crippen molar-refractivity contribution in [3.8, 4) is 0 Å². The predicted octanol–water partition coefficient (Wildman–Crippen LogP) is 1.93. The molecule has 4 bridgehead atoms. The van der Waals surface area contributed by atoms with Gasteiger partial charge in [-0.1, -0.05) is 6.08 Å². The lowest BCUT2D eigenvalue weighted by molar-refractivity contribution is -0.162. The Bertz CT molecular complexity index is 317. The first-order chi connectivity index (χ1) is 8.46. The molecule has 0 radical (unpaired) electrons. The van der Waals surface area contributed by atoms with Crippen LogP contribution in [0.3, 0.4) is 0 Å². The molecule has 0 spiro atoms. The zero-order chi connectivity index (χ0) is 13.0. The summed E-state index contributed by atoms with van der Waals surface area (Å²) in [5, 5.41) is 12.7. The Balaban J connectivity index is 1.91. The van der Waals surface area contributed by atoms with Gasteiger partial charge in [0.15, 0.2) is 0 Å². The molecule has 4 fully saturated rings. The summed E-state index contributed by atoms with van der Waals surface area (Å²) in [7, 11) is 1.83. The number of hydrogen-bond donors (Lipinski definition) is 2. The van der Waals surface area contributed by atoms with Gasteiger partial charge in [0.05, 0.1) is 0 Å². The fourth-order valence-corrected chi connectivity index (χ4v) is 5.47. The Morgan fingerprint density at radius 3 is 2.06 bits per heavy atom. The van der Waals surface area contributed by atoms with Crippen molar-refractivity contribution in [2.75, 3.05) is 13.6 Å². The highest BCUT2D eigenvalue weighted by atomic mass is 16.3. The van der Waals surface area contributed by atoms with E-state index in [-0.39, 0.29) is 5.41 Å². The first-order valence-electron chi connectivity index (χ1n) is 7.28. The maximum absolute atomic E-state index is 11.1. The van der Waals surface area contributed by atoms with Crippen LogP contribution >= 0.6 is 0 Å². The maximum Gasteiger partial charge on any atom is 0.102 e. The molecule has 18 heavy (non-hydrogen) atoms. The lowest BCUT2D eigenvalue weighted by atomic mass is 9.45. The third kappa shape index (κ3) is 1.75. The van der Waals surface area contributed by atoms with Crippen LogP contribution in [-0.4, -0.2) is 29.3 Å². The van der Waals surface area contributed by atoms with E-state index in [2.05, 4.69) is 6.58 Å². The molecule has 4 saturated carbocycles. The Hall–Kier alpha value is -0.380. The predicted molar refractivity (Wildman–Crippen MR) is 72.6 cm³/mol. The molecule has 0 amide bonds. The van der Waals surface area contributed by atoms with Crippen LogP contribution in [0.5, 0.6) is 0 Å². The van der Waals surface area contributed by atoms with E-state index in [1.807, 2.05) is 7.05 Å². The fourth-order valence-electron chi connectivity index (χ4n) is 5.47. The second-order valence-corrected chi connectivity index (χ2v) is 7.24. The molecule has 1 unspecified atom stereocenters. The van der Waals surface area contributed by atoms with Gasteiger partial charge in [-0.15, -0.1) is 6.58 Å². The molecule has 4 aliphatic rings. The number of hydrazine groups is 1. The van der Waals surface area contributed by atoms with Crippen molar-refractivity contribution in [2.24, 2.45) is 29.0 Å². The molecule has 3 heteroatoms. The summed E-state index contributed by atoms with van der Waals surface area (Å²) < 4.78 is 0. The van der Waals surface area contributed by atoms with Crippen LogP contribution in [0.2, 0.25) is 0 Å². The molecule has 1 atom stereocenters. The van der Waals surface area contributed by atoms with Crippen LogP contribution in [0.1, 0.15) is 38.5 Å². The minimum absolute atomic E-state index is 0.0527. The molecule has 4 aliphatic carbocycles. The number of likely N-dealkylation sites (N-methyl/N-ethyl adjacent to an activating group) is 1. The summed E-state index contributed by atoms with van der Waals surface area (Å²) in [6, 6.07) is 0. The van der Waals surface area contributed by atoms with Crippen molar-refractivity contribution >= 4 is 0 Å². The Morgan fingerprint density at radius 1 is 1.28 bits per heavy atom. The van der Waals surface area contributed by atoms with Gasteiger partial charge < -0.3 is 5.11 Å². The number of nitrogens with two attached hydrogens (primary N) is 1. The van der Waals surface area contributed by atoms with Crippen molar-refractivity contribution in [3.63, 3.8) is 0 Å². The minimum atomic E-state index is -0.813. The summed E-state index contributed by atoms with van der Waals surface area (Å²) in [5.41, 5.74) is -0.760. The zero-order valence-electron chi connectivity index (χ0n) is 11.4. The summed E-state index contributed by atoms with van der Waals surface area (Å²) in [5.74, 6) is 8.31. The number of rotatable bonds is 4. The molecular weight excluding hydrogens is 224 g/mol. The van der Waals surface area contributed by atoms with Crippen molar-refractivity contribution in [2.45, 2.75) is 44.1 Å². The van der Waals surface area contributed by atoms with Crippen LogP contribution < -0.4 is 5.84 Å². The number of aliphatic hydroxyl groups is 1. The summed E-state index contributed by atoms with van der Waals surface area (Å²) >= 11 is 0. The second-order valence-electron chi connectivity index (χ2n) is 7.24. The van der Waals surface area contributed by atoms with Crippen LogP contribution in [0.15, 0.2) is 12.7 Å². The quantitative estimate of drug-likeness (QED) is 0.455. The van der Waals surface area contributed by atoms with Gasteiger partial charge in [0, 0.05) is 19.0 Å². The van der Waals surface area contributed by atoms with E-state index in [0.29, 0.717) is 6.54 Å². The minimum Gasteiger partial charge on any atom is -0.384 e. The topological polar surface area (TPSA) is 49.5 Å². The second kappa shape index (κ2) is 4.06. The molecule has 0 aliphatic heterocycles. The van der Waals surface area contributed by atoms with Crippen LogP contribution in [0, 0.1) is 23.2 Å². The highest BCUT2D eigenvalue weighted by molar-refractivity contribution is 5.16. The first kappa shape index (κ1) is 12.6. The molecule has 0 saturated heterocycles. The molecule has 3 nitrogen and oxygen atoms in total. The van der Waals surface area contributed by atoms with Crippen molar-refractivity contribution in [3.05, 3.63) is 12.7 Å². The SMILES string of the molecule is C=CC(O)(CN(C)N)C12CC3CC(CC(C3)C1)C2. The highest BCUT2D eigenvalue weighted by Crippen LogP contribution is 2.63. The third-order valence-electron chi connectivity index (χ3n) is 5.78. The Morgan fingerprint density at radius 2 is 1.72 bits per heavy atom. The summed E-state index contributed by atoms with van der Waals surface area (Å²) in [4.78, 5) is 0. The van der Waals surface area contributed by atoms with Crippen LogP contribution in [0.25, 0.3) is 0 Å². The fraction of sp³-hybridized carbons (Fsp3) is 0.867. The third-order valence-corrected chi connectivity index (χ3v) is 5.78. The average molecular weight is 250 g/mol. The molecule has 0 aromatic heterocycles. The molecular formula is C15H26N2O. The van der Waals surface area contributed by atoms with Crippen molar-refractivity contribution in [1.82, 2.24) is 5.01 Å². The maximum atomic E-state index is 11.1. The summed E-state index contributed by atoms with van der Waals surface area (Å²) in [6.45, 7) is 4.41. The number of hydrogen-bond acceptors (Lipinski definition) is 3. The molecule has 4 rings (SSSR count). The highest BCUT2D eigenvalue weighted by Gasteiger charge is 2.59. The van der Waals surface area contributed by atoms with E-state index in [1.54, 1.807) is 11.1 Å². The van der Waals surface area contributed by atoms with E-state index in [0.717, 1.165) is 17.8 Å². The lowest BCUT2D eigenvalue weighted by Gasteiger charge is -2.61. The lowest BCUT2D eigenvalue weighted by Crippen LogP contribution is -2.61. The van der Waals surface area contributed by atoms with Crippen LogP contribution in [-0.2, 0) is 0 Å². The Kier molecular flexibility index (Phi) is 2.85. The molecule has 3 N–H and O–H groups in total. The van der Waals surface area contributed by atoms with Gasteiger partial charge in [-0.2, -0.15) is 0 Å². The smallest absolute Gasteiger partial charge is 0.102 e. The van der Waals surface area contributed by atoms with Crippen LogP contribution in [0.4, 0.5) is 0 Å². The first-order valence-corrected chi connectivity index (χ1v) is 7.28. The summed E-state index contributed by atoms with van der Waals surface area (Å²) in [6.07, 6.45) is 9.48. The molecule has 0 aromatic carbocycles. The van der Waals surface area contributed by atoms with Gasteiger partial charge in [-0.25, -0.2) is 5.01 Å². The van der Waals surface area contributed by atoms with Gasteiger partial charge in [-0.3, -0.25) is 5.84 Å². The molecule has 0 aromatic rings. The Labute approximate surface area is 110 Å². The van der Waals surface area contributed by atoms with Gasteiger partial charge in [0.2, 0.25) is 0 Å².